The molecule has 0 bridgehead atoms. The molecule has 3 aromatic heterocycles. The third-order valence-corrected chi connectivity index (χ3v) is 5.71. The maximum absolute atomic E-state index is 5.56. The molecule has 0 fully saturated rings. The smallest absolute Gasteiger partial charge is 0.192 e. The monoisotopic (exact) mass is 366 g/mol. The third-order valence-electron chi connectivity index (χ3n) is 4.50. The Bertz CT molecular complexity index is 842. The van der Waals surface area contributed by atoms with Crippen molar-refractivity contribution < 1.29 is 4.42 Å². The summed E-state index contributed by atoms with van der Waals surface area (Å²) >= 11 is 1.79. The molecule has 1 unspecified atom stereocenters. The number of pyridine rings is 1. The van der Waals surface area contributed by atoms with Crippen molar-refractivity contribution in [2.75, 3.05) is 0 Å². The molecule has 0 radical (unpaired) electrons. The van der Waals surface area contributed by atoms with Crippen LogP contribution in [-0.2, 0) is 6.54 Å². The number of rotatable bonds is 5. The van der Waals surface area contributed by atoms with Crippen molar-refractivity contribution in [2.24, 2.45) is 0 Å². The minimum Gasteiger partial charge on any atom is -0.467 e. The summed E-state index contributed by atoms with van der Waals surface area (Å²) in [5.41, 5.74) is 0.964. The van der Waals surface area contributed by atoms with Crippen molar-refractivity contribution in [2.45, 2.75) is 49.1 Å². The SMILES string of the molecule is C1=CC(Sc2nnc(-c3cccnc3)n2Cc2ccco2)CCCCC1. The summed E-state index contributed by atoms with van der Waals surface area (Å²) in [7, 11) is 0. The summed E-state index contributed by atoms with van der Waals surface area (Å²) < 4.78 is 7.70. The van der Waals surface area contributed by atoms with Gasteiger partial charge in [-0.15, -0.1) is 10.2 Å². The van der Waals surface area contributed by atoms with E-state index in [-0.39, 0.29) is 0 Å². The van der Waals surface area contributed by atoms with Crippen LogP contribution < -0.4 is 0 Å². The van der Waals surface area contributed by atoms with Gasteiger partial charge in [-0.2, -0.15) is 0 Å². The lowest BCUT2D eigenvalue weighted by molar-refractivity contribution is 0.485. The van der Waals surface area contributed by atoms with Crippen molar-refractivity contribution in [1.29, 1.82) is 0 Å². The summed E-state index contributed by atoms with van der Waals surface area (Å²) in [6.45, 7) is 0.614. The van der Waals surface area contributed by atoms with Crippen LogP contribution in [0.3, 0.4) is 0 Å². The van der Waals surface area contributed by atoms with Crippen LogP contribution in [0.2, 0.25) is 0 Å². The Kier molecular flexibility index (Phi) is 5.50. The maximum Gasteiger partial charge on any atom is 0.192 e. The molecule has 5 nitrogen and oxygen atoms in total. The molecule has 26 heavy (non-hydrogen) atoms. The lowest BCUT2D eigenvalue weighted by Gasteiger charge is -2.15. The molecule has 6 heteroatoms. The molecule has 3 aromatic rings. The van der Waals surface area contributed by atoms with E-state index in [1.165, 1.54) is 32.1 Å². The molecule has 0 aliphatic heterocycles. The summed E-state index contributed by atoms with van der Waals surface area (Å²) in [5, 5.41) is 10.3. The van der Waals surface area contributed by atoms with Crippen molar-refractivity contribution in [3.05, 3.63) is 60.8 Å². The van der Waals surface area contributed by atoms with Gasteiger partial charge in [0, 0.05) is 23.2 Å². The molecule has 1 atom stereocenters. The van der Waals surface area contributed by atoms with Crippen LogP contribution in [0.15, 0.2) is 64.6 Å². The number of thioether (sulfide) groups is 1. The highest BCUT2D eigenvalue weighted by Gasteiger charge is 2.19. The van der Waals surface area contributed by atoms with E-state index in [1.807, 2.05) is 30.5 Å². The van der Waals surface area contributed by atoms with Crippen LogP contribution in [0.1, 0.15) is 37.9 Å². The first-order chi connectivity index (χ1) is 12.9. The van der Waals surface area contributed by atoms with Crippen LogP contribution in [0, 0.1) is 0 Å². The first-order valence-electron chi connectivity index (χ1n) is 9.09. The van der Waals surface area contributed by atoms with Crippen molar-refractivity contribution >= 4 is 11.8 Å². The van der Waals surface area contributed by atoms with Crippen molar-refractivity contribution in [1.82, 2.24) is 19.7 Å². The van der Waals surface area contributed by atoms with Crippen molar-refractivity contribution in [3.63, 3.8) is 0 Å². The Hall–Kier alpha value is -2.34. The van der Waals surface area contributed by atoms with Gasteiger partial charge in [0.05, 0.1) is 12.8 Å². The van der Waals surface area contributed by atoms with Gasteiger partial charge >= 0.3 is 0 Å². The fourth-order valence-corrected chi connectivity index (χ4v) is 4.26. The van der Waals surface area contributed by atoms with Crippen LogP contribution >= 0.6 is 11.8 Å². The van der Waals surface area contributed by atoms with Crippen molar-refractivity contribution in [3.8, 4) is 11.4 Å². The van der Waals surface area contributed by atoms with Crippen LogP contribution in [0.25, 0.3) is 11.4 Å². The standard InChI is InChI=1S/C20H22N4OS/c1-2-4-10-18(11-5-3-1)26-20-23-22-19(16-8-6-12-21-14-16)24(20)15-17-9-7-13-25-17/h4,6-10,12-14,18H,1-3,5,11,15H2. The molecule has 134 valence electrons. The fourth-order valence-electron chi connectivity index (χ4n) is 3.15. The summed E-state index contributed by atoms with van der Waals surface area (Å²) in [6, 6.07) is 7.83. The van der Waals surface area contributed by atoms with E-state index < -0.39 is 0 Å². The lowest BCUT2D eigenvalue weighted by Crippen LogP contribution is -2.07. The zero-order valence-electron chi connectivity index (χ0n) is 14.6. The van der Waals surface area contributed by atoms with E-state index in [4.69, 9.17) is 4.42 Å². The Labute approximate surface area is 157 Å². The number of allylic oxidation sites excluding steroid dienone is 1. The van der Waals surface area contributed by atoms with Gasteiger partial charge in [0.25, 0.3) is 0 Å². The first-order valence-corrected chi connectivity index (χ1v) is 9.97. The number of furan rings is 1. The average molecular weight is 366 g/mol. The van der Waals surface area contributed by atoms with Gasteiger partial charge < -0.3 is 4.42 Å². The second-order valence-electron chi connectivity index (χ2n) is 6.44. The Morgan fingerprint density at radius 1 is 1.15 bits per heavy atom. The molecular weight excluding hydrogens is 344 g/mol. The van der Waals surface area contributed by atoms with Gasteiger partial charge in [0.1, 0.15) is 5.76 Å². The quantitative estimate of drug-likeness (QED) is 0.597. The summed E-state index contributed by atoms with van der Waals surface area (Å²) in [5.74, 6) is 1.72. The van der Waals surface area contributed by atoms with E-state index in [1.54, 1.807) is 24.2 Å². The van der Waals surface area contributed by atoms with E-state index in [0.29, 0.717) is 11.8 Å². The van der Waals surface area contributed by atoms with Crippen LogP contribution in [-0.4, -0.2) is 25.0 Å². The Balaban J connectivity index is 1.65. The summed E-state index contributed by atoms with van der Waals surface area (Å²) in [4.78, 5) is 4.22. The van der Waals surface area contributed by atoms with Gasteiger partial charge in [-0.1, -0.05) is 36.8 Å². The van der Waals surface area contributed by atoms with E-state index >= 15 is 0 Å². The topological polar surface area (TPSA) is 56.7 Å². The fraction of sp³-hybridized carbons (Fsp3) is 0.350. The number of aromatic nitrogens is 4. The second kappa shape index (κ2) is 8.36. The molecule has 0 aromatic carbocycles. The number of nitrogens with zero attached hydrogens (tertiary/aromatic N) is 4. The Morgan fingerprint density at radius 3 is 3.00 bits per heavy atom. The predicted molar refractivity (Wildman–Crippen MR) is 103 cm³/mol. The molecule has 1 aliphatic rings. The second-order valence-corrected chi connectivity index (χ2v) is 7.64. The molecule has 4 rings (SSSR count). The van der Waals surface area contributed by atoms with Gasteiger partial charge in [0.2, 0.25) is 0 Å². The highest BCUT2D eigenvalue weighted by molar-refractivity contribution is 7.99. The minimum atomic E-state index is 0.441. The van der Waals surface area contributed by atoms with E-state index in [2.05, 4.69) is 31.9 Å². The van der Waals surface area contributed by atoms with Gasteiger partial charge in [-0.3, -0.25) is 9.55 Å². The van der Waals surface area contributed by atoms with Gasteiger partial charge in [0.15, 0.2) is 11.0 Å². The van der Waals surface area contributed by atoms with Gasteiger partial charge in [-0.25, -0.2) is 0 Å². The predicted octanol–water partition coefficient (Wildman–Crippen LogP) is 4.96. The molecule has 0 amide bonds. The molecule has 3 heterocycles. The van der Waals surface area contributed by atoms with Gasteiger partial charge in [-0.05, 0) is 43.5 Å². The highest BCUT2D eigenvalue weighted by Crippen LogP contribution is 2.31. The number of hydrogen-bond donors (Lipinski definition) is 0. The molecule has 0 spiro atoms. The molecular formula is C20H22N4OS. The normalized spacial score (nSPS) is 17.8. The third kappa shape index (κ3) is 4.07. The Morgan fingerprint density at radius 2 is 2.15 bits per heavy atom. The number of hydrogen-bond acceptors (Lipinski definition) is 5. The molecule has 1 aliphatic carbocycles. The van der Waals surface area contributed by atoms with E-state index in [0.717, 1.165) is 22.3 Å². The summed E-state index contributed by atoms with van der Waals surface area (Å²) in [6.07, 6.45) is 16.2. The highest BCUT2D eigenvalue weighted by atomic mass is 32.2. The maximum atomic E-state index is 5.56. The molecule has 0 saturated carbocycles. The van der Waals surface area contributed by atoms with Crippen LogP contribution in [0.4, 0.5) is 0 Å². The van der Waals surface area contributed by atoms with Crippen LogP contribution in [0.5, 0.6) is 0 Å². The first kappa shape index (κ1) is 17.1. The lowest BCUT2D eigenvalue weighted by atomic mass is 10.1. The zero-order chi connectivity index (χ0) is 17.6. The minimum absolute atomic E-state index is 0.441. The molecule has 0 saturated heterocycles. The zero-order valence-corrected chi connectivity index (χ0v) is 15.4. The molecule has 0 N–H and O–H groups in total. The van der Waals surface area contributed by atoms with E-state index in [9.17, 15) is 0 Å². The average Bonchev–Trinajstić information content (AvgIpc) is 3.29. The largest absolute Gasteiger partial charge is 0.467 e.